The normalized spacial score (nSPS) is 15.7. The summed E-state index contributed by atoms with van der Waals surface area (Å²) in [5, 5.41) is 2.84. The minimum Gasteiger partial charge on any atom is -0.484 e. The Labute approximate surface area is 191 Å². The molecule has 4 rings (SSSR count). The Hall–Kier alpha value is -3.81. The maximum atomic E-state index is 13.1. The number of carbonyl (C=O) groups is 2. The van der Waals surface area contributed by atoms with Crippen molar-refractivity contribution in [3.8, 4) is 5.75 Å². The van der Waals surface area contributed by atoms with Crippen LogP contribution in [0.1, 0.15) is 47.2 Å². The molecule has 0 radical (unpaired) electrons. The molecule has 2 aromatic carbocycles. The summed E-state index contributed by atoms with van der Waals surface area (Å²) in [6.45, 7) is 2.19. The van der Waals surface area contributed by atoms with Gasteiger partial charge < -0.3 is 15.0 Å². The Morgan fingerprint density at radius 2 is 1.88 bits per heavy atom. The number of hydrogen-bond acceptors (Lipinski definition) is 5. The van der Waals surface area contributed by atoms with Crippen LogP contribution < -0.4 is 10.1 Å². The van der Waals surface area contributed by atoms with Crippen molar-refractivity contribution >= 4 is 17.5 Å². The van der Waals surface area contributed by atoms with Crippen LogP contribution in [-0.4, -0.2) is 39.8 Å². The number of aromatic nitrogens is 2. The van der Waals surface area contributed by atoms with Crippen LogP contribution in [0.15, 0.2) is 60.8 Å². The molecule has 1 aliphatic heterocycles. The molecule has 0 unspecified atom stereocenters. The fraction of sp³-hybridized carbons (Fsp3) is 0.280. The highest BCUT2D eigenvalue weighted by Crippen LogP contribution is 2.29. The zero-order valence-electron chi connectivity index (χ0n) is 18.3. The minimum absolute atomic E-state index is 0.154. The van der Waals surface area contributed by atoms with E-state index >= 15 is 0 Å². The van der Waals surface area contributed by atoms with Gasteiger partial charge in [-0.25, -0.2) is 14.4 Å². The van der Waals surface area contributed by atoms with Gasteiger partial charge in [-0.1, -0.05) is 18.2 Å². The molecular weight excluding hydrogens is 423 g/mol. The smallest absolute Gasteiger partial charge is 0.261 e. The Bertz CT molecular complexity index is 1120. The Morgan fingerprint density at radius 1 is 1.12 bits per heavy atom. The van der Waals surface area contributed by atoms with E-state index in [1.807, 2.05) is 30.3 Å². The average molecular weight is 448 g/mol. The zero-order chi connectivity index (χ0) is 23.2. The van der Waals surface area contributed by atoms with E-state index < -0.39 is 0 Å². The van der Waals surface area contributed by atoms with Crippen molar-refractivity contribution in [3.63, 3.8) is 0 Å². The maximum Gasteiger partial charge on any atom is 0.261 e. The number of nitrogens with one attached hydrogen (secondary N) is 1. The Balaban J connectivity index is 1.45. The highest BCUT2D eigenvalue weighted by Gasteiger charge is 2.30. The van der Waals surface area contributed by atoms with Gasteiger partial charge in [0.2, 0.25) is 0 Å². The lowest BCUT2D eigenvalue weighted by atomic mass is 10.0. The van der Waals surface area contributed by atoms with Gasteiger partial charge in [-0.2, -0.15) is 0 Å². The van der Waals surface area contributed by atoms with Crippen molar-refractivity contribution in [2.75, 3.05) is 18.5 Å². The third-order valence-electron chi connectivity index (χ3n) is 5.57. The number of hydrogen-bond donors (Lipinski definition) is 1. The van der Waals surface area contributed by atoms with E-state index in [1.54, 1.807) is 11.8 Å². The summed E-state index contributed by atoms with van der Waals surface area (Å²) in [5.74, 6) is 0.113. The number of carbonyl (C=O) groups excluding carboxylic acids is 2. The number of anilines is 1. The molecule has 0 saturated carbocycles. The molecule has 2 amide bonds. The van der Waals surface area contributed by atoms with Crippen LogP contribution in [0.5, 0.6) is 5.75 Å². The minimum atomic E-state index is -0.363. The molecule has 7 nitrogen and oxygen atoms in total. The quantitative estimate of drug-likeness (QED) is 0.608. The molecule has 0 bridgehead atoms. The average Bonchev–Trinajstić information content (AvgIpc) is 2.84. The number of piperidine rings is 1. The van der Waals surface area contributed by atoms with Gasteiger partial charge in [-0.3, -0.25) is 9.59 Å². The summed E-state index contributed by atoms with van der Waals surface area (Å²) < 4.78 is 18.6. The molecule has 1 N–H and O–H groups in total. The first-order valence-corrected chi connectivity index (χ1v) is 10.9. The summed E-state index contributed by atoms with van der Waals surface area (Å²) >= 11 is 0. The summed E-state index contributed by atoms with van der Waals surface area (Å²) in [5.41, 5.74) is 1.63. The van der Waals surface area contributed by atoms with E-state index in [0.717, 1.165) is 19.3 Å². The monoisotopic (exact) mass is 448 g/mol. The predicted octanol–water partition coefficient (Wildman–Crippen LogP) is 4.31. The number of aryl methyl sites for hydroxylation is 1. The van der Waals surface area contributed by atoms with Crippen LogP contribution >= 0.6 is 0 Å². The SMILES string of the molecule is Cc1nc([C@H]2CCCCN2C(=O)COc2ccc(F)cc2)ncc1C(=O)Nc1ccccc1. The fourth-order valence-electron chi connectivity index (χ4n) is 3.85. The highest BCUT2D eigenvalue weighted by molar-refractivity contribution is 6.04. The third kappa shape index (κ3) is 5.52. The van der Waals surface area contributed by atoms with E-state index in [2.05, 4.69) is 15.3 Å². The van der Waals surface area contributed by atoms with Crippen molar-refractivity contribution in [2.24, 2.45) is 0 Å². The van der Waals surface area contributed by atoms with Crippen LogP contribution in [0, 0.1) is 12.7 Å². The number of ether oxygens (including phenoxy) is 1. The number of likely N-dealkylation sites (tertiary alicyclic amines) is 1. The molecule has 0 spiro atoms. The lowest BCUT2D eigenvalue weighted by Crippen LogP contribution is -2.41. The summed E-state index contributed by atoms with van der Waals surface area (Å²) in [6.07, 6.45) is 4.08. The first-order valence-electron chi connectivity index (χ1n) is 10.9. The summed E-state index contributed by atoms with van der Waals surface area (Å²) in [7, 11) is 0. The second-order valence-corrected chi connectivity index (χ2v) is 7.89. The van der Waals surface area contributed by atoms with Crippen molar-refractivity contribution in [2.45, 2.75) is 32.2 Å². The molecule has 1 atom stereocenters. The molecule has 2 heterocycles. The molecular formula is C25H25FN4O3. The summed E-state index contributed by atoms with van der Waals surface area (Å²) in [6, 6.07) is 14.4. The standard InChI is InChI=1S/C25H25FN4O3/c1-17-21(25(32)29-19-7-3-2-4-8-19)15-27-24(28-17)22-9-5-6-14-30(22)23(31)16-33-20-12-10-18(26)11-13-20/h2-4,7-8,10-13,15,22H,5-6,9,14,16H2,1H3,(H,29,32)/t22-/m1/s1. The van der Waals surface area contributed by atoms with Crippen LogP contribution in [0.2, 0.25) is 0 Å². The van der Waals surface area contributed by atoms with E-state index in [4.69, 9.17) is 4.74 Å². The molecule has 1 saturated heterocycles. The molecule has 1 aromatic heterocycles. The van der Waals surface area contributed by atoms with Gasteiger partial charge in [0, 0.05) is 18.4 Å². The predicted molar refractivity (Wildman–Crippen MR) is 121 cm³/mol. The maximum absolute atomic E-state index is 13.1. The van der Waals surface area contributed by atoms with E-state index in [1.165, 1.54) is 30.5 Å². The van der Waals surface area contributed by atoms with Crippen molar-refractivity contribution in [3.05, 3.63) is 83.7 Å². The Morgan fingerprint density at radius 3 is 2.61 bits per heavy atom. The third-order valence-corrected chi connectivity index (χ3v) is 5.57. The molecule has 1 fully saturated rings. The Kier molecular flexibility index (Phi) is 6.92. The van der Waals surface area contributed by atoms with Gasteiger partial charge in [0.15, 0.2) is 12.4 Å². The number of amides is 2. The van der Waals surface area contributed by atoms with Gasteiger partial charge in [-0.15, -0.1) is 0 Å². The number of para-hydroxylation sites is 1. The molecule has 8 heteroatoms. The van der Waals surface area contributed by atoms with Crippen molar-refractivity contribution in [1.82, 2.24) is 14.9 Å². The van der Waals surface area contributed by atoms with Gasteiger partial charge in [0.25, 0.3) is 11.8 Å². The van der Waals surface area contributed by atoms with Crippen molar-refractivity contribution < 1.29 is 18.7 Å². The van der Waals surface area contributed by atoms with Gasteiger partial charge >= 0.3 is 0 Å². The van der Waals surface area contributed by atoms with Crippen LogP contribution in [0.3, 0.4) is 0 Å². The molecule has 1 aliphatic rings. The van der Waals surface area contributed by atoms with E-state index in [-0.39, 0.29) is 30.3 Å². The van der Waals surface area contributed by atoms with Gasteiger partial charge in [-0.05, 0) is 62.6 Å². The highest BCUT2D eigenvalue weighted by atomic mass is 19.1. The first-order chi connectivity index (χ1) is 16.0. The zero-order valence-corrected chi connectivity index (χ0v) is 18.3. The van der Waals surface area contributed by atoms with Gasteiger partial charge in [0.1, 0.15) is 11.6 Å². The van der Waals surface area contributed by atoms with Gasteiger partial charge in [0.05, 0.1) is 17.3 Å². The topological polar surface area (TPSA) is 84.4 Å². The number of benzene rings is 2. The van der Waals surface area contributed by atoms with Crippen LogP contribution in [0.25, 0.3) is 0 Å². The number of nitrogens with zero attached hydrogens (tertiary/aromatic N) is 3. The van der Waals surface area contributed by atoms with E-state index in [9.17, 15) is 14.0 Å². The molecule has 0 aliphatic carbocycles. The van der Waals surface area contributed by atoms with Crippen LogP contribution in [0.4, 0.5) is 10.1 Å². The first kappa shape index (κ1) is 22.4. The molecule has 33 heavy (non-hydrogen) atoms. The molecule has 3 aromatic rings. The lowest BCUT2D eigenvalue weighted by molar-refractivity contribution is -0.137. The molecule has 170 valence electrons. The number of rotatable bonds is 6. The largest absolute Gasteiger partial charge is 0.484 e. The second kappa shape index (κ2) is 10.2. The summed E-state index contributed by atoms with van der Waals surface area (Å²) in [4.78, 5) is 36.3. The fourth-order valence-corrected chi connectivity index (χ4v) is 3.85. The van der Waals surface area contributed by atoms with Crippen molar-refractivity contribution in [1.29, 1.82) is 0 Å². The lowest BCUT2D eigenvalue weighted by Gasteiger charge is -2.34. The number of halogens is 1. The van der Waals surface area contributed by atoms with E-state index in [0.29, 0.717) is 35.1 Å². The second-order valence-electron chi connectivity index (χ2n) is 7.89. The van der Waals surface area contributed by atoms with Crippen LogP contribution in [-0.2, 0) is 4.79 Å².